The molecule has 0 aromatic carbocycles. The van der Waals surface area contributed by atoms with E-state index in [2.05, 4.69) is 10.2 Å². The molecule has 4 fully saturated rings. The lowest BCUT2D eigenvalue weighted by Gasteiger charge is -2.38. The number of aliphatic hydroxyl groups is 2. The van der Waals surface area contributed by atoms with Gasteiger partial charge in [-0.05, 0) is 17.9 Å². The van der Waals surface area contributed by atoms with Crippen molar-refractivity contribution in [3.63, 3.8) is 0 Å². The van der Waals surface area contributed by atoms with E-state index >= 15 is 0 Å². The summed E-state index contributed by atoms with van der Waals surface area (Å²) in [5.41, 5.74) is 0. The fourth-order valence-electron chi connectivity index (χ4n) is 5.67. The van der Waals surface area contributed by atoms with Gasteiger partial charge in [0.05, 0.1) is 37.5 Å². The van der Waals surface area contributed by atoms with Crippen molar-refractivity contribution in [3.8, 4) is 0 Å². The molecule has 2 amide bonds. The smallest absolute Gasteiger partial charge is 0.240 e. The van der Waals surface area contributed by atoms with E-state index in [1.54, 1.807) is 16.2 Å². The highest BCUT2D eigenvalue weighted by Gasteiger charge is 2.46. The molecule has 0 saturated carbocycles. The summed E-state index contributed by atoms with van der Waals surface area (Å²) in [6.07, 6.45) is -3.91. The van der Waals surface area contributed by atoms with Crippen LogP contribution >= 0.6 is 11.3 Å². The van der Waals surface area contributed by atoms with Gasteiger partial charge in [0.2, 0.25) is 21.8 Å². The molecular formula is C23H34N4O8S2. The second kappa shape index (κ2) is 10.8. The molecule has 1 aromatic heterocycles. The number of carbonyl (C=O) groups excluding carboxylic acids is 2. The van der Waals surface area contributed by atoms with E-state index in [0.717, 1.165) is 15.4 Å². The number of hydrogen-bond acceptors (Lipinski definition) is 10. The number of amides is 2. The average molecular weight is 559 g/mol. The van der Waals surface area contributed by atoms with Crippen LogP contribution in [0.2, 0.25) is 0 Å². The monoisotopic (exact) mass is 558 g/mol. The number of morpholine rings is 1. The second-order valence-corrected chi connectivity index (χ2v) is 13.3. The van der Waals surface area contributed by atoms with Crippen molar-refractivity contribution in [2.75, 3.05) is 45.6 Å². The van der Waals surface area contributed by atoms with E-state index in [1.165, 1.54) is 0 Å². The van der Waals surface area contributed by atoms with Crippen LogP contribution in [0.5, 0.6) is 0 Å². The highest BCUT2D eigenvalue weighted by molar-refractivity contribution is 7.88. The van der Waals surface area contributed by atoms with Gasteiger partial charge in [0.1, 0.15) is 18.3 Å². The van der Waals surface area contributed by atoms with Gasteiger partial charge < -0.3 is 29.9 Å². The molecule has 0 unspecified atom stereocenters. The van der Waals surface area contributed by atoms with Crippen LogP contribution in [-0.4, -0.2) is 133 Å². The molecule has 206 valence electrons. The van der Waals surface area contributed by atoms with Gasteiger partial charge in [-0.25, -0.2) is 8.42 Å². The number of hydrogen-bond donors (Lipinski definition) is 3. The second-order valence-electron chi connectivity index (χ2n) is 10.3. The van der Waals surface area contributed by atoms with Crippen molar-refractivity contribution in [1.29, 1.82) is 0 Å². The summed E-state index contributed by atoms with van der Waals surface area (Å²) in [5, 5.41) is 26.1. The molecule has 4 saturated heterocycles. The molecule has 0 aliphatic carbocycles. The number of nitrogens with zero attached hydrogens (tertiary/aromatic N) is 3. The summed E-state index contributed by atoms with van der Waals surface area (Å²) >= 11 is 1.61. The molecule has 7 atom stereocenters. The summed E-state index contributed by atoms with van der Waals surface area (Å²) in [4.78, 5) is 31.5. The van der Waals surface area contributed by atoms with Crippen molar-refractivity contribution in [1.82, 2.24) is 19.4 Å². The lowest BCUT2D eigenvalue weighted by atomic mass is 10.0. The Morgan fingerprint density at radius 2 is 1.92 bits per heavy atom. The Hall–Kier alpha value is -1.65. The third kappa shape index (κ3) is 6.01. The third-order valence-electron chi connectivity index (χ3n) is 7.55. The van der Waals surface area contributed by atoms with E-state index in [0.29, 0.717) is 26.1 Å². The van der Waals surface area contributed by atoms with Gasteiger partial charge in [0.25, 0.3) is 0 Å². The normalized spacial score (nSPS) is 36.6. The predicted octanol–water partition coefficient (Wildman–Crippen LogP) is -1.81. The van der Waals surface area contributed by atoms with Crippen LogP contribution in [0.4, 0.5) is 0 Å². The number of nitrogens with one attached hydrogen (secondary N) is 1. The first-order valence-corrected chi connectivity index (χ1v) is 15.2. The molecule has 12 nitrogen and oxygen atoms in total. The molecule has 4 aliphatic rings. The number of carbonyl (C=O) groups is 2. The number of thiophene rings is 1. The largest absolute Gasteiger partial charge is 0.388 e. The zero-order valence-corrected chi connectivity index (χ0v) is 22.3. The zero-order valence-electron chi connectivity index (χ0n) is 20.6. The summed E-state index contributed by atoms with van der Waals surface area (Å²) < 4.78 is 38.0. The number of ether oxygens (including phenoxy) is 2. The van der Waals surface area contributed by atoms with Crippen molar-refractivity contribution in [2.45, 2.75) is 62.0 Å². The van der Waals surface area contributed by atoms with Crippen molar-refractivity contribution in [3.05, 3.63) is 22.4 Å². The number of fused-ring (bicyclic) bond motifs is 6. The Labute approximate surface area is 220 Å². The molecule has 1 aromatic rings. The summed E-state index contributed by atoms with van der Waals surface area (Å²) in [6.45, 7) is 1.74. The van der Waals surface area contributed by atoms with Crippen LogP contribution in [0, 0.1) is 0 Å². The van der Waals surface area contributed by atoms with Crippen LogP contribution in [0.15, 0.2) is 17.5 Å². The van der Waals surface area contributed by atoms with E-state index in [4.69, 9.17) is 9.47 Å². The fourth-order valence-corrected chi connectivity index (χ4v) is 7.26. The van der Waals surface area contributed by atoms with Gasteiger partial charge in [-0.15, -0.1) is 11.3 Å². The van der Waals surface area contributed by atoms with Gasteiger partial charge in [-0.3, -0.25) is 14.5 Å². The van der Waals surface area contributed by atoms with Crippen LogP contribution < -0.4 is 5.32 Å². The molecule has 0 spiro atoms. The van der Waals surface area contributed by atoms with Crippen molar-refractivity contribution in [2.24, 2.45) is 0 Å². The first-order valence-electron chi connectivity index (χ1n) is 12.5. The minimum atomic E-state index is -3.73. The van der Waals surface area contributed by atoms with E-state index in [9.17, 15) is 28.2 Å². The maximum atomic E-state index is 13.7. The van der Waals surface area contributed by atoms with E-state index in [-0.39, 0.29) is 50.5 Å². The highest BCUT2D eigenvalue weighted by atomic mass is 32.2. The Bertz CT molecular complexity index is 1090. The molecule has 4 aliphatic heterocycles. The van der Waals surface area contributed by atoms with Crippen LogP contribution in [0.3, 0.4) is 0 Å². The van der Waals surface area contributed by atoms with E-state index in [1.807, 2.05) is 17.5 Å². The number of likely N-dealkylation sites (tertiary alicyclic amines) is 1. The third-order valence-corrected chi connectivity index (χ3v) is 9.65. The van der Waals surface area contributed by atoms with Crippen molar-refractivity contribution < 1.29 is 37.7 Å². The molecule has 3 N–H and O–H groups in total. The predicted molar refractivity (Wildman–Crippen MR) is 133 cm³/mol. The summed E-state index contributed by atoms with van der Waals surface area (Å²) in [6, 6.07) is 3.27. The van der Waals surface area contributed by atoms with Gasteiger partial charge in [-0.1, -0.05) is 6.07 Å². The lowest BCUT2D eigenvalue weighted by Crippen LogP contribution is -2.55. The zero-order chi connectivity index (χ0) is 26.3. The summed E-state index contributed by atoms with van der Waals surface area (Å²) in [7, 11) is -3.73. The quantitative estimate of drug-likeness (QED) is 0.390. The standard InChI is InChI=1S/C23H34N4O8S2/c1-37(32,33)27-11-15-10-25(4-5-34-15)23(31)17-7-14(9-26(17)12-16-3-2-6-36-16)24-20(28)8-18-21(29)22(30)19(13-27)35-18/h2-3,6,14-15,17-19,21-22,29-30H,4-5,7-13H2,1H3,(H,24,28)/t14-,15-,17-,18-,19+,21-,22+/m0/s1. The van der Waals surface area contributed by atoms with Gasteiger partial charge in [0, 0.05) is 50.2 Å². The molecule has 37 heavy (non-hydrogen) atoms. The SMILES string of the molecule is CS(=O)(=O)N1C[C@@H]2CN(CCO2)C(=O)[C@@H]2C[C@@H](CN2Cc2cccs2)NC(=O)C[C@@H]2O[C@H](C1)[C@@H](O)[C@H]2O. The number of aliphatic hydroxyl groups excluding tert-OH is 2. The maximum Gasteiger partial charge on any atom is 0.240 e. The fraction of sp³-hybridized carbons (Fsp3) is 0.739. The molecule has 14 heteroatoms. The molecule has 5 rings (SSSR count). The van der Waals surface area contributed by atoms with Crippen LogP contribution in [0.25, 0.3) is 0 Å². The Balaban J connectivity index is 1.42. The van der Waals surface area contributed by atoms with Gasteiger partial charge >= 0.3 is 0 Å². The lowest BCUT2D eigenvalue weighted by molar-refractivity contribution is -0.144. The maximum absolute atomic E-state index is 13.7. The first-order chi connectivity index (χ1) is 17.6. The van der Waals surface area contributed by atoms with Crippen LogP contribution in [0.1, 0.15) is 17.7 Å². The summed E-state index contributed by atoms with van der Waals surface area (Å²) in [5.74, 6) is -0.418. The molecule has 5 heterocycles. The highest BCUT2D eigenvalue weighted by Crippen LogP contribution is 2.28. The Morgan fingerprint density at radius 3 is 2.65 bits per heavy atom. The molecule has 6 bridgehead atoms. The van der Waals surface area contributed by atoms with Gasteiger partial charge in [0.15, 0.2) is 0 Å². The molecule has 0 radical (unpaired) electrons. The Kier molecular flexibility index (Phi) is 7.90. The Morgan fingerprint density at radius 1 is 1.14 bits per heavy atom. The van der Waals surface area contributed by atoms with E-state index < -0.39 is 46.6 Å². The molecular weight excluding hydrogens is 524 g/mol. The minimum absolute atomic E-state index is 0.0252. The first kappa shape index (κ1) is 26.9. The number of sulfonamides is 1. The van der Waals surface area contributed by atoms with Gasteiger partial charge in [-0.2, -0.15) is 4.31 Å². The average Bonchev–Trinajstić information content (AvgIpc) is 3.55. The minimum Gasteiger partial charge on any atom is -0.388 e. The topological polar surface area (TPSA) is 149 Å². The van der Waals surface area contributed by atoms with Crippen molar-refractivity contribution >= 4 is 33.2 Å². The van der Waals surface area contributed by atoms with Crippen LogP contribution in [-0.2, 0) is 35.6 Å². The number of rotatable bonds is 3.